The number of ether oxygens (including phenoxy) is 3. The van der Waals surface area contributed by atoms with Gasteiger partial charge in [-0.3, -0.25) is 14.5 Å². The molecule has 7 heteroatoms. The van der Waals surface area contributed by atoms with Crippen molar-refractivity contribution in [2.75, 3.05) is 20.8 Å². The van der Waals surface area contributed by atoms with Gasteiger partial charge in [0.05, 0.1) is 38.6 Å². The highest BCUT2D eigenvalue weighted by atomic mass is 16.6. The smallest absolute Gasteiger partial charge is 0.317 e. The number of hydrogen-bond donors (Lipinski definition) is 0. The Morgan fingerprint density at radius 3 is 2.75 bits per heavy atom. The molecule has 0 aromatic heterocycles. The second-order valence-corrected chi connectivity index (χ2v) is 6.69. The number of carbonyl (C=O) groups excluding carboxylic acids is 2. The van der Waals surface area contributed by atoms with Crippen molar-refractivity contribution < 1.29 is 23.8 Å². The van der Waals surface area contributed by atoms with E-state index in [9.17, 15) is 14.9 Å². The van der Waals surface area contributed by atoms with Gasteiger partial charge in [-0.15, -0.1) is 0 Å². The van der Waals surface area contributed by atoms with E-state index in [0.29, 0.717) is 12.8 Å². The van der Waals surface area contributed by atoms with E-state index >= 15 is 0 Å². The molecule has 2 heterocycles. The molecular weight excluding hydrogens is 312 g/mol. The fraction of sp³-hybridized carbons (Fsp3) is 0.706. The van der Waals surface area contributed by atoms with E-state index in [-0.39, 0.29) is 12.0 Å². The predicted octanol–water partition coefficient (Wildman–Crippen LogP) is 0.998. The molecule has 0 aromatic rings. The van der Waals surface area contributed by atoms with Crippen molar-refractivity contribution >= 4 is 11.9 Å². The van der Waals surface area contributed by atoms with E-state index in [0.717, 1.165) is 18.5 Å². The largest absolute Gasteiger partial charge is 0.504 e. The van der Waals surface area contributed by atoms with Crippen LogP contribution in [-0.4, -0.2) is 55.8 Å². The van der Waals surface area contributed by atoms with Crippen molar-refractivity contribution in [1.82, 2.24) is 4.90 Å². The van der Waals surface area contributed by atoms with Crippen LogP contribution in [0.1, 0.15) is 26.2 Å². The molecule has 0 unspecified atom stereocenters. The van der Waals surface area contributed by atoms with Gasteiger partial charge in [-0.05, 0) is 30.8 Å². The molecule has 3 rings (SSSR count). The second-order valence-electron chi connectivity index (χ2n) is 6.69. The number of nitriles is 1. The van der Waals surface area contributed by atoms with Crippen LogP contribution >= 0.6 is 0 Å². The summed E-state index contributed by atoms with van der Waals surface area (Å²) in [5, 5.41) is 9.58. The lowest BCUT2D eigenvalue weighted by Gasteiger charge is -2.51. The van der Waals surface area contributed by atoms with Crippen LogP contribution in [-0.2, 0) is 23.8 Å². The van der Waals surface area contributed by atoms with Gasteiger partial charge in [-0.25, -0.2) is 0 Å². The Morgan fingerprint density at radius 2 is 2.17 bits per heavy atom. The predicted molar refractivity (Wildman–Crippen MR) is 82.3 cm³/mol. The molecule has 3 aliphatic rings. The van der Waals surface area contributed by atoms with Crippen molar-refractivity contribution in [1.29, 1.82) is 5.26 Å². The molecule has 0 amide bonds. The van der Waals surface area contributed by atoms with Crippen LogP contribution in [0.4, 0.5) is 0 Å². The molecule has 2 bridgehead atoms. The lowest BCUT2D eigenvalue weighted by atomic mass is 9.61. The summed E-state index contributed by atoms with van der Waals surface area (Å²) in [7, 11) is 2.91. The summed E-state index contributed by atoms with van der Waals surface area (Å²) in [4.78, 5) is 26.5. The Bertz CT molecular complexity index is 625. The van der Waals surface area contributed by atoms with Gasteiger partial charge in [0, 0.05) is 13.5 Å². The van der Waals surface area contributed by atoms with E-state index in [1.54, 1.807) is 13.4 Å². The number of esters is 2. The Hall–Kier alpha value is -2.07. The van der Waals surface area contributed by atoms with E-state index < -0.39 is 29.5 Å². The molecule has 7 nitrogen and oxygen atoms in total. The highest BCUT2D eigenvalue weighted by molar-refractivity contribution is 5.81. The number of nitrogens with zero attached hydrogens (tertiary/aromatic N) is 2. The van der Waals surface area contributed by atoms with E-state index in [1.165, 1.54) is 14.0 Å². The fourth-order valence-corrected chi connectivity index (χ4v) is 4.81. The fourth-order valence-electron chi connectivity index (χ4n) is 4.81. The van der Waals surface area contributed by atoms with Crippen molar-refractivity contribution in [2.45, 2.75) is 44.4 Å². The monoisotopic (exact) mass is 334 g/mol. The zero-order valence-corrected chi connectivity index (χ0v) is 14.2. The molecule has 3 fully saturated rings. The van der Waals surface area contributed by atoms with Gasteiger partial charge in [0.25, 0.3) is 0 Å². The number of carbonyl (C=O) groups is 2. The van der Waals surface area contributed by atoms with Gasteiger partial charge in [0.1, 0.15) is 11.5 Å². The Morgan fingerprint density at radius 1 is 1.42 bits per heavy atom. The average molecular weight is 334 g/mol. The molecule has 2 saturated heterocycles. The van der Waals surface area contributed by atoms with Crippen LogP contribution in [0.25, 0.3) is 0 Å². The quantitative estimate of drug-likeness (QED) is 0.562. The van der Waals surface area contributed by atoms with Gasteiger partial charge >= 0.3 is 11.9 Å². The Labute approximate surface area is 141 Å². The minimum absolute atomic E-state index is 0.172. The molecule has 0 spiro atoms. The van der Waals surface area contributed by atoms with Crippen molar-refractivity contribution in [3.8, 4) is 6.07 Å². The number of hydrogen-bond acceptors (Lipinski definition) is 7. The van der Waals surface area contributed by atoms with Gasteiger partial charge in [0.2, 0.25) is 0 Å². The van der Waals surface area contributed by atoms with Crippen LogP contribution in [0.15, 0.2) is 11.8 Å². The summed E-state index contributed by atoms with van der Waals surface area (Å²) in [6, 6.07) is 1.56. The van der Waals surface area contributed by atoms with Crippen LogP contribution < -0.4 is 0 Å². The minimum Gasteiger partial charge on any atom is -0.504 e. The normalized spacial score (nSPS) is 39.2. The van der Waals surface area contributed by atoms with Crippen molar-refractivity contribution in [3.05, 3.63) is 11.8 Å². The number of fused-ring (bicyclic) bond motifs is 1. The van der Waals surface area contributed by atoms with Gasteiger partial charge in [0.15, 0.2) is 0 Å². The summed E-state index contributed by atoms with van der Waals surface area (Å²) in [6.45, 7) is 2.08. The number of piperidine rings is 1. The van der Waals surface area contributed by atoms with Gasteiger partial charge in [-0.2, -0.15) is 5.26 Å². The lowest BCUT2D eigenvalue weighted by Crippen LogP contribution is -2.61. The molecule has 1 saturated carbocycles. The third-order valence-corrected chi connectivity index (χ3v) is 5.62. The number of rotatable bonds is 3. The first-order valence-electron chi connectivity index (χ1n) is 8.13. The molecule has 130 valence electrons. The number of methoxy groups -OCH3 is 2. The second kappa shape index (κ2) is 6.10. The molecule has 2 aliphatic heterocycles. The van der Waals surface area contributed by atoms with E-state index in [1.807, 2.05) is 4.90 Å². The molecule has 1 aliphatic carbocycles. The van der Waals surface area contributed by atoms with E-state index in [4.69, 9.17) is 14.2 Å². The summed E-state index contributed by atoms with van der Waals surface area (Å²) < 4.78 is 15.9. The van der Waals surface area contributed by atoms with Crippen molar-refractivity contribution in [2.24, 2.45) is 11.3 Å². The van der Waals surface area contributed by atoms with Crippen LogP contribution in [0.3, 0.4) is 0 Å². The molecule has 0 radical (unpaired) electrons. The van der Waals surface area contributed by atoms with Crippen LogP contribution in [0.5, 0.6) is 0 Å². The third-order valence-electron chi connectivity index (χ3n) is 5.62. The molecule has 5 atom stereocenters. The Balaban J connectivity index is 2.15. The topological polar surface area (TPSA) is 88.9 Å². The first-order chi connectivity index (χ1) is 11.5. The summed E-state index contributed by atoms with van der Waals surface area (Å²) >= 11 is 0. The third kappa shape index (κ3) is 2.20. The van der Waals surface area contributed by atoms with Crippen LogP contribution in [0.2, 0.25) is 0 Å². The zero-order chi connectivity index (χ0) is 17.5. The Kier molecular flexibility index (Phi) is 4.26. The maximum atomic E-state index is 12.8. The van der Waals surface area contributed by atoms with Crippen LogP contribution in [0, 0.1) is 22.7 Å². The first-order valence-corrected chi connectivity index (χ1v) is 8.13. The first kappa shape index (κ1) is 16.8. The van der Waals surface area contributed by atoms with E-state index in [2.05, 4.69) is 6.07 Å². The molecule has 24 heavy (non-hydrogen) atoms. The highest BCUT2D eigenvalue weighted by Gasteiger charge is 2.68. The summed E-state index contributed by atoms with van der Waals surface area (Å²) in [6.07, 6.45) is 2.79. The molecular formula is C17H22N2O5. The minimum atomic E-state index is -1.05. The van der Waals surface area contributed by atoms with Gasteiger partial charge < -0.3 is 14.2 Å². The summed E-state index contributed by atoms with van der Waals surface area (Å²) in [5.41, 5.74) is -0.0578. The molecule has 0 aromatic carbocycles. The molecule has 0 N–H and O–H groups in total. The highest BCUT2D eigenvalue weighted by Crippen LogP contribution is 2.57. The maximum Gasteiger partial charge on any atom is 0.317 e. The van der Waals surface area contributed by atoms with Crippen molar-refractivity contribution in [3.63, 3.8) is 0 Å². The SMILES string of the molecule is CO/C=C1\[C@H]2CCN3[C@H](C#N)C[C@@](C(=O)OC)([C@H]13)[C@H](OC(C)=O)C2. The maximum absolute atomic E-state index is 12.8. The standard InChI is InChI=1S/C17H22N2O5/c1-10(20)24-14-6-11-4-5-19-12(8-18)7-17(14,16(21)23-3)15(19)13(11)9-22-2/h9,11-12,14-15H,4-7H2,1-3H3/b13-9+/t11-,12-,14+,15-,17-/m0/s1. The lowest BCUT2D eigenvalue weighted by molar-refractivity contribution is -0.178. The van der Waals surface area contributed by atoms with Gasteiger partial charge in [-0.1, -0.05) is 0 Å². The summed E-state index contributed by atoms with van der Waals surface area (Å²) in [5.74, 6) is -0.679. The average Bonchev–Trinajstić information content (AvgIpc) is 2.93. The zero-order valence-electron chi connectivity index (χ0n) is 14.2.